The van der Waals surface area contributed by atoms with Gasteiger partial charge in [0.25, 0.3) is 10.0 Å². The topological polar surface area (TPSA) is 105 Å². The van der Waals surface area contributed by atoms with Crippen LogP contribution in [0.5, 0.6) is 11.5 Å². The third-order valence-electron chi connectivity index (χ3n) is 6.12. The first kappa shape index (κ1) is 30.8. The molecular weight excluding hydrogens is 554 g/mol. The lowest BCUT2D eigenvalue weighted by Crippen LogP contribution is -2.52. The Kier molecular flexibility index (Phi) is 10.4. The SMILES string of the molecule is COc1ccc(S(=O)(=O)N(CC(=O)N(Cc2cccc(Cl)c2)[C@H](C)C(=O)NC(C)C)c2ccccc2OC)cc1. The minimum Gasteiger partial charge on any atom is -0.497 e. The summed E-state index contributed by atoms with van der Waals surface area (Å²) < 4.78 is 39.5. The van der Waals surface area contributed by atoms with Crippen molar-refractivity contribution < 1.29 is 27.5 Å². The highest BCUT2D eigenvalue weighted by atomic mass is 35.5. The first-order valence-corrected chi connectivity index (χ1v) is 14.4. The Bertz CT molecular complexity index is 1430. The number of carbonyl (C=O) groups is 2. The molecule has 0 fully saturated rings. The second-order valence-electron chi connectivity index (χ2n) is 9.35. The summed E-state index contributed by atoms with van der Waals surface area (Å²) in [6, 6.07) is 18.3. The number of nitrogens with one attached hydrogen (secondary N) is 1. The summed E-state index contributed by atoms with van der Waals surface area (Å²) in [5.74, 6) is -0.211. The highest BCUT2D eigenvalue weighted by Gasteiger charge is 2.34. The van der Waals surface area contributed by atoms with Gasteiger partial charge < -0.3 is 19.7 Å². The number of halogens is 1. The van der Waals surface area contributed by atoms with E-state index in [0.717, 1.165) is 4.31 Å². The molecule has 214 valence electrons. The molecule has 0 saturated heterocycles. The summed E-state index contributed by atoms with van der Waals surface area (Å²) in [6.07, 6.45) is 0. The van der Waals surface area contributed by atoms with Gasteiger partial charge in [0.15, 0.2) is 0 Å². The molecule has 0 heterocycles. The summed E-state index contributed by atoms with van der Waals surface area (Å²) in [5, 5.41) is 3.30. The molecule has 2 amide bonds. The number of sulfonamides is 1. The van der Waals surface area contributed by atoms with Crippen molar-refractivity contribution in [1.29, 1.82) is 0 Å². The lowest BCUT2D eigenvalue weighted by Gasteiger charge is -2.32. The monoisotopic (exact) mass is 587 g/mol. The summed E-state index contributed by atoms with van der Waals surface area (Å²) in [6.45, 7) is 4.69. The molecule has 0 spiro atoms. The van der Waals surface area contributed by atoms with E-state index in [0.29, 0.717) is 16.3 Å². The van der Waals surface area contributed by atoms with Crippen molar-refractivity contribution in [2.75, 3.05) is 25.1 Å². The first-order valence-electron chi connectivity index (χ1n) is 12.6. The van der Waals surface area contributed by atoms with Crippen molar-refractivity contribution in [3.63, 3.8) is 0 Å². The molecule has 0 aliphatic rings. The highest BCUT2D eigenvalue weighted by molar-refractivity contribution is 7.92. The molecule has 0 radical (unpaired) electrons. The maximum Gasteiger partial charge on any atom is 0.264 e. The van der Waals surface area contributed by atoms with Crippen molar-refractivity contribution in [3.05, 3.63) is 83.4 Å². The summed E-state index contributed by atoms with van der Waals surface area (Å²) in [4.78, 5) is 28.3. The molecule has 40 heavy (non-hydrogen) atoms. The van der Waals surface area contributed by atoms with Gasteiger partial charge in [-0.25, -0.2) is 8.42 Å². The Morgan fingerprint density at radius 3 is 2.20 bits per heavy atom. The second kappa shape index (κ2) is 13.5. The second-order valence-corrected chi connectivity index (χ2v) is 11.6. The Morgan fingerprint density at radius 1 is 0.925 bits per heavy atom. The van der Waals surface area contributed by atoms with Crippen LogP contribution < -0.4 is 19.1 Å². The van der Waals surface area contributed by atoms with E-state index in [1.54, 1.807) is 55.5 Å². The summed E-state index contributed by atoms with van der Waals surface area (Å²) in [5.41, 5.74) is 0.864. The maximum atomic E-state index is 14.0. The number of hydrogen-bond donors (Lipinski definition) is 1. The molecular formula is C29H34ClN3O6S. The number of hydrogen-bond acceptors (Lipinski definition) is 6. The fourth-order valence-corrected chi connectivity index (χ4v) is 5.68. The van der Waals surface area contributed by atoms with Crippen LogP contribution in [0, 0.1) is 0 Å². The van der Waals surface area contributed by atoms with Crippen LogP contribution in [0.3, 0.4) is 0 Å². The minimum absolute atomic E-state index is 0.0361. The highest BCUT2D eigenvalue weighted by Crippen LogP contribution is 2.33. The van der Waals surface area contributed by atoms with Crippen LogP contribution in [0.2, 0.25) is 5.02 Å². The summed E-state index contributed by atoms with van der Waals surface area (Å²) in [7, 11) is -1.36. The van der Waals surface area contributed by atoms with Crippen molar-refractivity contribution in [1.82, 2.24) is 10.2 Å². The summed E-state index contributed by atoms with van der Waals surface area (Å²) >= 11 is 6.17. The van der Waals surface area contributed by atoms with E-state index in [2.05, 4.69) is 5.32 Å². The Labute approximate surface area is 240 Å². The molecule has 0 aliphatic heterocycles. The number of amides is 2. The van der Waals surface area contributed by atoms with Gasteiger partial charge >= 0.3 is 0 Å². The van der Waals surface area contributed by atoms with Crippen LogP contribution in [0.25, 0.3) is 0 Å². The van der Waals surface area contributed by atoms with Crippen LogP contribution in [-0.4, -0.2) is 58.0 Å². The zero-order chi connectivity index (χ0) is 29.4. The van der Waals surface area contributed by atoms with E-state index in [-0.39, 0.29) is 34.8 Å². The average molecular weight is 588 g/mol. The Balaban J connectivity index is 2.07. The first-order chi connectivity index (χ1) is 19.0. The molecule has 0 aromatic heterocycles. The molecule has 11 heteroatoms. The molecule has 3 aromatic rings. The zero-order valence-electron chi connectivity index (χ0n) is 23.1. The normalized spacial score (nSPS) is 12.0. The van der Waals surface area contributed by atoms with E-state index < -0.39 is 28.5 Å². The molecule has 0 saturated carbocycles. The third kappa shape index (κ3) is 7.45. The van der Waals surface area contributed by atoms with Crippen molar-refractivity contribution >= 4 is 39.1 Å². The largest absolute Gasteiger partial charge is 0.497 e. The van der Waals surface area contributed by atoms with Gasteiger partial charge in [-0.2, -0.15) is 0 Å². The lowest BCUT2D eigenvalue weighted by molar-refractivity contribution is -0.139. The quantitative estimate of drug-likeness (QED) is 0.335. The van der Waals surface area contributed by atoms with Crippen molar-refractivity contribution in [3.8, 4) is 11.5 Å². The molecule has 3 aromatic carbocycles. The Morgan fingerprint density at radius 2 is 1.60 bits per heavy atom. The number of nitrogens with zero attached hydrogens (tertiary/aromatic N) is 2. The molecule has 0 bridgehead atoms. The third-order valence-corrected chi connectivity index (χ3v) is 8.13. The smallest absolute Gasteiger partial charge is 0.264 e. The van der Waals surface area contributed by atoms with E-state index in [1.807, 2.05) is 13.8 Å². The van der Waals surface area contributed by atoms with Gasteiger partial charge in [-0.1, -0.05) is 35.9 Å². The van der Waals surface area contributed by atoms with Crippen LogP contribution in [-0.2, 0) is 26.2 Å². The molecule has 3 rings (SSSR count). The fraction of sp³-hybridized carbons (Fsp3) is 0.310. The predicted molar refractivity (Wildman–Crippen MR) is 155 cm³/mol. The molecule has 9 nitrogen and oxygen atoms in total. The standard InChI is InChI=1S/C29H34ClN3O6S/c1-20(2)31-29(35)21(3)32(18-22-9-8-10-23(30)17-22)28(34)19-33(26-11-6-7-12-27(26)39-5)40(36,37)25-15-13-24(38-4)14-16-25/h6-17,20-21H,18-19H2,1-5H3,(H,31,35)/t21-/m1/s1. The molecule has 0 aliphatic carbocycles. The predicted octanol–water partition coefficient (Wildman–Crippen LogP) is 4.49. The van der Waals surface area contributed by atoms with Gasteiger partial charge in [-0.05, 0) is 74.9 Å². The van der Waals surface area contributed by atoms with Crippen molar-refractivity contribution in [2.45, 2.75) is 44.3 Å². The van der Waals surface area contributed by atoms with Gasteiger partial charge in [-0.3, -0.25) is 13.9 Å². The maximum absolute atomic E-state index is 14.0. The van der Waals surface area contributed by atoms with E-state index >= 15 is 0 Å². The van der Waals surface area contributed by atoms with Crippen LogP contribution in [0.4, 0.5) is 5.69 Å². The van der Waals surface area contributed by atoms with Gasteiger partial charge in [0.2, 0.25) is 11.8 Å². The van der Waals surface area contributed by atoms with E-state index in [4.69, 9.17) is 21.1 Å². The zero-order valence-corrected chi connectivity index (χ0v) is 24.7. The Hall–Kier alpha value is -3.76. The van der Waals surface area contributed by atoms with Crippen LogP contribution >= 0.6 is 11.6 Å². The minimum atomic E-state index is -4.26. The molecule has 1 N–H and O–H groups in total. The van der Waals surface area contributed by atoms with Gasteiger partial charge in [0, 0.05) is 17.6 Å². The van der Waals surface area contributed by atoms with E-state index in [1.165, 1.54) is 43.4 Å². The number of para-hydroxylation sites is 2. The average Bonchev–Trinajstić information content (AvgIpc) is 2.93. The van der Waals surface area contributed by atoms with Gasteiger partial charge in [0.1, 0.15) is 24.1 Å². The molecule has 0 unspecified atom stereocenters. The van der Waals surface area contributed by atoms with Crippen molar-refractivity contribution in [2.24, 2.45) is 0 Å². The van der Waals surface area contributed by atoms with E-state index in [9.17, 15) is 18.0 Å². The van der Waals surface area contributed by atoms with Gasteiger partial charge in [0.05, 0.1) is 24.8 Å². The number of rotatable bonds is 12. The fourth-order valence-electron chi connectivity index (χ4n) is 4.04. The number of ether oxygens (including phenoxy) is 2. The number of anilines is 1. The number of methoxy groups -OCH3 is 2. The lowest BCUT2D eigenvalue weighted by atomic mass is 10.1. The van der Waals surface area contributed by atoms with Gasteiger partial charge in [-0.15, -0.1) is 0 Å². The number of benzene rings is 3. The molecule has 1 atom stereocenters. The van der Waals surface area contributed by atoms with Crippen LogP contribution in [0.15, 0.2) is 77.7 Å². The number of carbonyl (C=O) groups excluding carboxylic acids is 2. The van der Waals surface area contributed by atoms with Crippen LogP contribution in [0.1, 0.15) is 26.3 Å².